The summed E-state index contributed by atoms with van der Waals surface area (Å²) in [6.07, 6.45) is 20.0. The van der Waals surface area contributed by atoms with Gasteiger partial charge < -0.3 is 10.2 Å². The molecular weight excluding hydrogens is 276 g/mol. The van der Waals surface area contributed by atoms with Gasteiger partial charge in [-0.25, -0.2) is 0 Å². The van der Waals surface area contributed by atoms with Gasteiger partial charge in [-0.3, -0.25) is 4.79 Å². The SMILES string of the molecule is CCCCC[C@H](O)/C=C/C=C\CCCCCCCCC(=O)O. The van der Waals surface area contributed by atoms with Crippen LogP contribution in [0.1, 0.15) is 84.0 Å². The predicted octanol–water partition coefficient (Wildman–Crippen LogP) is 5.25. The van der Waals surface area contributed by atoms with E-state index in [1.54, 1.807) is 0 Å². The maximum absolute atomic E-state index is 10.3. The van der Waals surface area contributed by atoms with Crippen molar-refractivity contribution in [2.45, 2.75) is 90.1 Å². The summed E-state index contributed by atoms with van der Waals surface area (Å²) in [5.41, 5.74) is 0. The number of aliphatic carboxylic acids is 1. The molecule has 0 rings (SSSR count). The Balaban J connectivity index is 3.34. The van der Waals surface area contributed by atoms with E-state index in [4.69, 9.17) is 5.11 Å². The van der Waals surface area contributed by atoms with E-state index in [2.05, 4.69) is 13.0 Å². The Labute approximate surface area is 136 Å². The molecule has 0 aromatic carbocycles. The zero-order chi connectivity index (χ0) is 16.5. The fraction of sp³-hybridized carbons (Fsp3) is 0.737. The lowest BCUT2D eigenvalue weighted by atomic mass is 10.1. The third-order valence-electron chi connectivity index (χ3n) is 3.70. The first-order valence-electron chi connectivity index (χ1n) is 8.90. The fourth-order valence-electron chi connectivity index (χ4n) is 2.31. The molecule has 3 heteroatoms. The molecule has 0 saturated carbocycles. The highest BCUT2D eigenvalue weighted by Crippen LogP contribution is 2.09. The van der Waals surface area contributed by atoms with Gasteiger partial charge in [-0.05, 0) is 25.7 Å². The third kappa shape index (κ3) is 17.0. The van der Waals surface area contributed by atoms with Crippen LogP contribution in [0.25, 0.3) is 0 Å². The van der Waals surface area contributed by atoms with E-state index in [-0.39, 0.29) is 6.10 Å². The molecule has 0 spiro atoms. The van der Waals surface area contributed by atoms with Crippen molar-refractivity contribution in [3.05, 3.63) is 24.3 Å². The molecule has 0 heterocycles. The number of allylic oxidation sites excluding steroid dienone is 3. The third-order valence-corrected chi connectivity index (χ3v) is 3.70. The van der Waals surface area contributed by atoms with E-state index in [1.807, 2.05) is 18.2 Å². The minimum absolute atomic E-state index is 0.304. The molecule has 22 heavy (non-hydrogen) atoms. The van der Waals surface area contributed by atoms with Crippen LogP contribution in [0.4, 0.5) is 0 Å². The Morgan fingerprint density at radius 1 is 0.955 bits per heavy atom. The monoisotopic (exact) mass is 310 g/mol. The Morgan fingerprint density at radius 3 is 2.32 bits per heavy atom. The van der Waals surface area contributed by atoms with Gasteiger partial charge in [0.05, 0.1) is 6.10 Å². The van der Waals surface area contributed by atoms with E-state index in [1.165, 1.54) is 32.1 Å². The standard InChI is InChI=1S/C19H34O3/c1-2-3-12-15-18(20)16-13-10-8-6-4-5-7-9-11-14-17-19(21)22/h8,10,13,16,18,20H,2-7,9,11-12,14-15,17H2,1H3,(H,21,22)/b10-8-,16-13+/t18-/m0/s1. The molecule has 128 valence electrons. The summed E-state index contributed by atoms with van der Waals surface area (Å²) in [6.45, 7) is 2.17. The molecule has 0 aromatic heterocycles. The molecule has 2 N–H and O–H groups in total. The number of aliphatic hydroxyl groups is 1. The van der Waals surface area contributed by atoms with E-state index < -0.39 is 5.97 Å². The van der Waals surface area contributed by atoms with Crippen molar-refractivity contribution in [3.8, 4) is 0 Å². The zero-order valence-corrected chi connectivity index (χ0v) is 14.2. The van der Waals surface area contributed by atoms with Crippen molar-refractivity contribution < 1.29 is 15.0 Å². The molecule has 0 saturated heterocycles. The molecule has 0 aliphatic heterocycles. The maximum Gasteiger partial charge on any atom is 0.303 e. The lowest BCUT2D eigenvalue weighted by Crippen LogP contribution is -2.00. The van der Waals surface area contributed by atoms with Crippen LogP contribution in [-0.4, -0.2) is 22.3 Å². The number of rotatable bonds is 15. The van der Waals surface area contributed by atoms with Crippen molar-refractivity contribution >= 4 is 5.97 Å². The Morgan fingerprint density at radius 2 is 1.64 bits per heavy atom. The largest absolute Gasteiger partial charge is 0.481 e. The molecular formula is C19H34O3. The normalized spacial score (nSPS) is 13.2. The lowest BCUT2D eigenvalue weighted by molar-refractivity contribution is -0.137. The van der Waals surface area contributed by atoms with Gasteiger partial charge in [0.25, 0.3) is 0 Å². The van der Waals surface area contributed by atoms with E-state index >= 15 is 0 Å². The van der Waals surface area contributed by atoms with Gasteiger partial charge in [-0.1, -0.05) is 76.2 Å². The average Bonchev–Trinajstić information content (AvgIpc) is 2.48. The Hall–Kier alpha value is -1.09. The highest BCUT2D eigenvalue weighted by molar-refractivity contribution is 5.66. The van der Waals surface area contributed by atoms with Crippen LogP contribution in [0, 0.1) is 0 Å². The molecule has 0 amide bonds. The predicted molar refractivity (Wildman–Crippen MR) is 93.0 cm³/mol. The van der Waals surface area contributed by atoms with Crippen molar-refractivity contribution in [2.24, 2.45) is 0 Å². The minimum Gasteiger partial charge on any atom is -0.481 e. The number of hydrogen-bond donors (Lipinski definition) is 2. The van der Waals surface area contributed by atoms with Gasteiger partial charge in [-0.2, -0.15) is 0 Å². The van der Waals surface area contributed by atoms with E-state index in [9.17, 15) is 9.90 Å². The number of carbonyl (C=O) groups is 1. The number of aliphatic hydroxyl groups excluding tert-OH is 1. The van der Waals surface area contributed by atoms with Crippen LogP contribution in [0.15, 0.2) is 24.3 Å². The van der Waals surface area contributed by atoms with Gasteiger partial charge >= 0.3 is 5.97 Å². The number of hydrogen-bond acceptors (Lipinski definition) is 2. The molecule has 0 aromatic rings. The van der Waals surface area contributed by atoms with Crippen LogP contribution in [-0.2, 0) is 4.79 Å². The van der Waals surface area contributed by atoms with Gasteiger partial charge in [0.2, 0.25) is 0 Å². The second-order valence-corrected chi connectivity index (χ2v) is 5.93. The Kier molecular flexibility index (Phi) is 15.5. The molecule has 1 atom stereocenters. The maximum atomic E-state index is 10.3. The van der Waals surface area contributed by atoms with Crippen molar-refractivity contribution in [1.29, 1.82) is 0 Å². The second-order valence-electron chi connectivity index (χ2n) is 5.93. The molecule has 3 nitrogen and oxygen atoms in total. The smallest absolute Gasteiger partial charge is 0.303 e. The topological polar surface area (TPSA) is 57.5 Å². The molecule has 0 aliphatic carbocycles. The summed E-state index contributed by atoms with van der Waals surface area (Å²) in [5.74, 6) is -0.686. The zero-order valence-electron chi connectivity index (χ0n) is 14.2. The lowest BCUT2D eigenvalue weighted by Gasteiger charge is -2.03. The van der Waals surface area contributed by atoms with Gasteiger partial charge in [0.1, 0.15) is 0 Å². The van der Waals surface area contributed by atoms with Crippen LogP contribution < -0.4 is 0 Å². The molecule has 0 aliphatic rings. The van der Waals surface area contributed by atoms with E-state index in [0.717, 1.165) is 38.5 Å². The first kappa shape index (κ1) is 20.9. The summed E-state index contributed by atoms with van der Waals surface area (Å²) in [7, 11) is 0. The second kappa shape index (κ2) is 16.3. The summed E-state index contributed by atoms with van der Waals surface area (Å²) < 4.78 is 0. The minimum atomic E-state index is -0.686. The highest BCUT2D eigenvalue weighted by Gasteiger charge is 1.97. The van der Waals surface area contributed by atoms with Crippen molar-refractivity contribution in [3.63, 3.8) is 0 Å². The fourth-order valence-corrected chi connectivity index (χ4v) is 2.31. The van der Waals surface area contributed by atoms with E-state index in [0.29, 0.717) is 6.42 Å². The Bertz CT molecular complexity index is 308. The summed E-state index contributed by atoms with van der Waals surface area (Å²) in [5, 5.41) is 18.2. The summed E-state index contributed by atoms with van der Waals surface area (Å²) >= 11 is 0. The number of carboxylic acid groups (broad SMARTS) is 1. The van der Waals surface area contributed by atoms with Crippen molar-refractivity contribution in [1.82, 2.24) is 0 Å². The summed E-state index contributed by atoms with van der Waals surface area (Å²) in [6, 6.07) is 0. The highest BCUT2D eigenvalue weighted by atomic mass is 16.4. The molecule has 0 radical (unpaired) electrons. The summed E-state index contributed by atoms with van der Waals surface area (Å²) in [4.78, 5) is 10.3. The van der Waals surface area contributed by atoms with Gasteiger partial charge in [0.15, 0.2) is 0 Å². The first-order valence-corrected chi connectivity index (χ1v) is 8.90. The number of carboxylic acids is 1. The molecule has 0 unspecified atom stereocenters. The average molecular weight is 310 g/mol. The quantitative estimate of drug-likeness (QED) is 0.321. The number of unbranched alkanes of at least 4 members (excludes halogenated alkanes) is 8. The van der Waals surface area contributed by atoms with Gasteiger partial charge in [0, 0.05) is 6.42 Å². The van der Waals surface area contributed by atoms with Gasteiger partial charge in [-0.15, -0.1) is 0 Å². The van der Waals surface area contributed by atoms with Crippen molar-refractivity contribution in [2.75, 3.05) is 0 Å². The molecule has 0 fully saturated rings. The molecule has 0 bridgehead atoms. The van der Waals surface area contributed by atoms with Crippen LogP contribution in [0.2, 0.25) is 0 Å². The first-order chi connectivity index (χ1) is 10.7. The van der Waals surface area contributed by atoms with Crippen LogP contribution >= 0.6 is 0 Å². The van der Waals surface area contributed by atoms with Crippen LogP contribution in [0.3, 0.4) is 0 Å². The van der Waals surface area contributed by atoms with Crippen LogP contribution in [0.5, 0.6) is 0 Å².